The molecule has 0 bridgehead atoms. The molecule has 0 radical (unpaired) electrons. The highest BCUT2D eigenvalue weighted by molar-refractivity contribution is 5.52. The lowest BCUT2D eigenvalue weighted by Gasteiger charge is -1.96. The fourth-order valence-corrected chi connectivity index (χ4v) is 0.953. The lowest BCUT2D eigenvalue weighted by Crippen LogP contribution is -1.76. The number of aryl methyl sites for hydroxylation is 1. The summed E-state index contributed by atoms with van der Waals surface area (Å²) < 4.78 is 0. The number of hydrogen-bond acceptors (Lipinski definition) is 0. The second kappa shape index (κ2) is 6.41. The molecular formula is C12H16. The zero-order valence-electron chi connectivity index (χ0n) is 7.88. The third-order valence-corrected chi connectivity index (χ3v) is 1.53. The third kappa shape index (κ3) is 3.20. The van der Waals surface area contributed by atoms with Gasteiger partial charge in [-0.2, -0.15) is 0 Å². The molecule has 64 valence electrons. The first-order valence-electron chi connectivity index (χ1n) is 4.03. The molecule has 1 aromatic rings. The van der Waals surface area contributed by atoms with Gasteiger partial charge >= 0.3 is 0 Å². The second-order valence-corrected chi connectivity index (χ2v) is 2.36. The molecule has 0 unspecified atom stereocenters. The van der Waals surface area contributed by atoms with Crippen LogP contribution >= 0.6 is 0 Å². The van der Waals surface area contributed by atoms with Gasteiger partial charge in [0.2, 0.25) is 0 Å². The Bertz CT molecular complexity index is 246. The maximum atomic E-state index is 3.00. The van der Waals surface area contributed by atoms with E-state index in [1.54, 1.807) is 0 Å². The number of hydrogen-bond donors (Lipinski definition) is 0. The summed E-state index contributed by atoms with van der Waals surface area (Å²) in [5.41, 5.74) is 2.64. The van der Waals surface area contributed by atoms with Crippen LogP contribution in [0.15, 0.2) is 43.5 Å². The molecule has 0 heterocycles. The Hall–Kier alpha value is -1.30. The molecule has 0 saturated heterocycles. The molecule has 0 atom stereocenters. The van der Waals surface area contributed by atoms with E-state index < -0.39 is 0 Å². The summed E-state index contributed by atoms with van der Waals surface area (Å²) in [6.45, 7) is 10.2. The molecule has 0 nitrogen and oxygen atoms in total. The van der Waals surface area contributed by atoms with E-state index in [1.165, 1.54) is 11.1 Å². The molecule has 0 fully saturated rings. The fraction of sp³-hybridized carbons (Fsp3) is 0.167. The minimum atomic E-state index is 1.31. The largest absolute Gasteiger partial charge is 0.106 e. The zero-order valence-corrected chi connectivity index (χ0v) is 7.88. The van der Waals surface area contributed by atoms with Crippen molar-refractivity contribution in [2.75, 3.05) is 0 Å². The van der Waals surface area contributed by atoms with Gasteiger partial charge in [-0.05, 0) is 25.0 Å². The molecule has 0 aliphatic carbocycles. The van der Waals surface area contributed by atoms with Crippen molar-refractivity contribution < 1.29 is 0 Å². The lowest BCUT2D eigenvalue weighted by atomic mass is 10.1. The summed E-state index contributed by atoms with van der Waals surface area (Å²) in [5.74, 6) is 0. The molecule has 0 amide bonds. The molecular weight excluding hydrogens is 144 g/mol. The van der Waals surface area contributed by atoms with Crippen LogP contribution in [0.5, 0.6) is 0 Å². The Morgan fingerprint density at radius 2 is 1.75 bits per heavy atom. The Kier molecular flexibility index (Phi) is 5.72. The van der Waals surface area contributed by atoms with Crippen LogP contribution < -0.4 is 0 Å². The van der Waals surface area contributed by atoms with E-state index in [9.17, 15) is 0 Å². The van der Waals surface area contributed by atoms with Crippen molar-refractivity contribution in [2.24, 2.45) is 0 Å². The summed E-state index contributed by atoms with van der Waals surface area (Å²) in [4.78, 5) is 0. The number of rotatable bonds is 1. The molecule has 12 heavy (non-hydrogen) atoms. The van der Waals surface area contributed by atoms with E-state index in [1.807, 2.05) is 6.92 Å². The van der Waals surface area contributed by atoms with Gasteiger partial charge in [-0.15, -0.1) is 13.2 Å². The van der Waals surface area contributed by atoms with Crippen LogP contribution in [0.4, 0.5) is 0 Å². The first-order valence-corrected chi connectivity index (χ1v) is 4.03. The minimum absolute atomic E-state index is 1.31. The molecule has 1 aromatic carbocycles. The highest BCUT2D eigenvalue weighted by atomic mass is 13.9. The van der Waals surface area contributed by atoms with Crippen LogP contribution in [0, 0.1) is 6.92 Å². The average Bonchev–Trinajstić information content (AvgIpc) is 2.13. The van der Waals surface area contributed by atoms with Gasteiger partial charge in [0.15, 0.2) is 0 Å². The Morgan fingerprint density at radius 1 is 1.17 bits per heavy atom. The van der Waals surface area contributed by atoms with Crippen LogP contribution in [0.1, 0.15) is 18.1 Å². The van der Waals surface area contributed by atoms with Gasteiger partial charge in [0.25, 0.3) is 0 Å². The summed E-state index contributed by atoms with van der Waals surface area (Å²) in [6.07, 6.45) is 4.18. The third-order valence-electron chi connectivity index (χ3n) is 1.53. The standard InChI is InChI=1S/C10H12.C2H4/c1-3-6-10-8-5-4-7-9(10)2;1-2/h3-8H,1-2H3;1-2H2/b6-3-;. The SMILES string of the molecule is C/C=C\c1ccccc1C.C=C. The van der Waals surface area contributed by atoms with E-state index in [0.29, 0.717) is 0 Å². The normalized spacial score (nSPS) is 9.17. The highest BCUT2D eigenvalue weighted by Crippen LogP contribution is 2.07. The molecule has 0 aromatic heterocycles. The van der Waals surface area contributed by atoms with E-state index in [4.69, 9.17) is 0 Å². The summed E-state index contributed by atoms with van der Waals surface area (Å²) in [6, 6.07) is 8.36. The smallest absolute Gasteiger partial charge is 0.0231 e. The van der Waals surface area contributed by atoms with Crippen molar-refractivity contribution in [2.45, 2.75) is 13.8 Å². The average molecular weight is 160 g/mol. The first-order chi connectivity index (χ1) is 5.84. The molecule has 0 N–H and O–H groups in total. The Labute approximate surface area is 75.2 Å². The zero-order chi connectivity index (χ0) is 9.40. The van der Waals surface area contributed by atoms with Gasteiger partial charge in [-0.25, -0.2) is 0 Å². The number of allylic oxidation sites excluding steroid dienone is 1. The van der Waals surface area contributed by atoms with Crippen molar-refractivity contribution in [3.05, 3.63) is 54.6 Å². The van der Waals surface area contributed by atoms with E-state index in [0.717, 1.165) is 0 Å². The van der Waals surface area contributed by atoms with Crippen molar-refractivity contribution in [3.8, 4) is 0 Å². The summed E-state index contributed by atoms with van der Waals surface area (Å²) in [7, 11) is 0. The summed E-state index contributed by atoms with van der Waals surface area (Å²) in [5, 5.41) is 0. The molecule has 1 rings (SSSR count). The van der Waals surface area contributed by atoms with Crippen LogP contribution in [0.2, 0.25) is 0 Å². The number of benzene rings is 1. The Morgan fingerprint density at radius 3 is 2.25 bits per heavy atom. The minimum Gasteiger partial charge on any atom is -0.106 e. The first kappa shape index (κ1) is 10.7. The van der Waals surface area contributed by atoms with E-state index in [-0.39, 0.29) is 0 Å². The predicted molar refractivity (Wildman–Crippen MR) is 57.1 cm³/mol. The van der Waals surface area contributed by atoms with Crippen LogP contribution in [-0.2, 0) is 0 Å². The van der Waals surface area contributed by atoms with Crippen molar-refractivity contribution in [3.63, 3.8) is 0 Å². The lowest BCUT2D eigenvalue weighted by molar-refractivity contribution is 1.44. The van der Waals surface area contributed by atoms with E-state index >= 15 is 0 Å². The van der Waals surface area contributed by atoms with Gasteiger partial charge in [-0.3, -0.25) is 0 Å². The fourth-order valence-electron chi connectivity index (χ4n) is 0.953. The second-order valence-electron chi connectivity index (χ2n) is 2.36. The molecule has 0 spiro atoms. The van der Waals surface area contributed by atoms with Gasteiger partial charge < -0.3 is 0 Å². The van der Waals surface area contributed by atoms with E-state index in [2.05, 4.69) is 56.5 Å². The molecule has 0 aliphatic rings. The molecule has 0 aliphatic heterocycles. The Balaban J connectivity index is 0.000000561. The maximum Gasteiger partial charge on any atom is -0.0231 e. The maximum absolute atomic E-state index is 3.00. The van der Waals surface area contributed by atoms with Crippen LogP contribution in [0.3, 0.4) is 0 Å². The van der Waals surface area contributed by atoms with Gasteiger partial charge in [0.1, 0.15) is 0 Å². The molecule has 0 heteroatoms. The molecule has 0 saturated carbocycles. The van der Waals surface area contributed by atoms with Crippen molar-refractivity contribution in [1.29, 1.82) is 0 Å². The van der Waals surface area contributed by atoms with Crippen molar-refractivity contribution >= 4 is 6.08 Å². The topological polar surface area (TPSA) is 0 Å². The van der Waals surface area contributed by atoms with Crippen molar-refractivity contribution in [1.82, 2.24) is 0 Å². The monoisotopic (exact) mass is 160 g/mol. The highest BCUT2D eigenvalue weighted by Gasteiger charge is 1.87. The van der Waals surface area contributed by atoms with Gasteiger partial charge in [0.05, 0.1) is 0 Å². The quantitative estimate of drug-likeness (QED) is 0.548. The summed E-state index contributed by atoms with van der Waals surface area (Å²) >= 11 is 0. The van der Waals surface area contributed by atoms with Gasteiger partial charge in [-0.1, -0.05) is 36.4 Å². The van der Waals surface area contributed by atoms with Gasteiger partial charge in [0, 0.05) is 0 Å². The van der Waals surface area contributed by atoms with Crippen LogP contribution in [-0.4, -0.2) is 0 Å². The van der Waals surface area contributed by atoms with Crippen LogP contribution in [0.25, 0.3) is 6.08 Å². The predicted octanol–water partition coefficient (Wildman–Crippen LogP) is 3.83.